The number of rotatable bonds is 2. The first kappa shape index (κ1) is 20.3. The Morgan fingerprint density at radius 1 is 0.710 bits per heavy atom. The molecule has 0 saturated carbocycles. The van der Waals surface area contributed by atoms with Crippen molar-refractivity contribution in [3.8, 4) is 22.5 Å². The van der Waals surface area contributed by atoms with E-state index in [0.29, 0.717) is 0 Å². The van der Waals surface area contributed by atoms with E-state index >= 15 is 0 Å². The summed E-state index contributed by atoms with van der Waals surface area (Å²) in [7, 11) is 0. The molecule has 0 fully saturated rings. The number of imidazole rings is 2. The lowest BCUT2D eigenvalue weighted by molar-refractivity contribution is 1.22. The van der Waals surface area contributed by atoms with Crippen molar-refractivity contribution in [1.29, 1.82) is 0 Å². The highest BCUT2D eigenvalue weighted by Gasteiger charge is 2.06. The van der Waals surface area contributed by atoms with Crippen LogP contribution in [-0.2, 0) is 0 Å². The number of fused-ring (bicyclic) bond motifs is 2. The Kier molecular flexibility index (Phi) is 5.54. The molecular formula is C23H16Cl2N4S2. The van der Waals surface area contributed by atoms with Gasteiger partial charge >= 0.3 is 0 Å². The van der Waals surface area contributed by atoms with Gasteiger partial charge in [-0.1, -0.05) is 47.5 Å². The number of halogens is 2. The second kappa shape index (κ2) is 8.48. The minimum atomic E-state index is 0.750. The first-order valence-electron chi connectivity index (χ1n) is 9.44. The molecule has 4 heterocycles. The molecule has 0 unspecified atom stereocenters. The Balaban J connectivity index is 0.000000132. The molecule has 0 aliphatic rings. The fourth-order valence-electron chi connectivity index (χ4n) is 3.16. The molecule has 0 atom stereocenters. The fourth-order valence-corrected chi connectivity index (χ4v) is 4.92. The lowest BCUT2D eigenvalue weighted by atomic mass is 10.2. The van der Waals surface area contributed by atoms with E-state index in [0.717, 1.165) is 42.5 Å². The summed E-state index contributed by atoms with van der Waals surface area (Å²) in [5.41, 5.74) is 4.16. The molecule has 0 spiro atoms. The maximum Gasteiger partial charge on any atom is 0.194 e. The van der Waals surface area contributed by atoms with E-state index in [4.69, 9.17) is 23.2 Å². The average molecular weight is 483 g/mol. The van der Waals surface area contributed by atoms with Crippen LogP contribution in [0.1, 0.15) is 4.88 Å². The van der Waals surface area contributed by atoms with Gasteiger partial charge in [0.15, 0.2) is 9.92 Å². The third-order valence-corrected chi connectivity index (χ3v) is 6.83. The molecule has 8 heteroatoms. The molecule has 0 amide bonds. The van der Waals surface area contributed by atoms with Crippen LogP contribution in [0.2, 0.25) is 10.0 Å². The molecule has 4 aromatic heterocycles. The Morgan fingerprint density at radius 3 is 1.81 bits per heavy atom. The third-order valence-electron chi connectivity index (χ3n) is 4.64. The van der Waals surface area contributed by atoms with Gasteiger partial charge in [-0.05, 0) is 31.2 Å². The lowest BCUT2D eigenvalue weighted by Crippen LogP contribution is -1.76. The summed E-state index contributed by atoms with van der Waals surface area (Å²) in [4.78, 5) is 12.4. The van der Waals surface area contributed by atoms with Crippen LogP contribution in [0, 0.1) is 6.92 Å². The maximum atomic E-state index is 5.85. The van der Waals surface area contributed by atoms with Gasteiger partial charge in [0.25, 0.3) is 0 Å². The van der Waals surface area contributed by atoms with Gasteiger partial charge in [-0.3, -0.25) is 8.80 Å². The van der Waals surface area contributed by atoms with Gasteiger partial charge in [0.05, 0.1) is 11.4 Å². The van der Waals surface area contributed by atoms with Crippen LogP contribution in [0.25, 0.3) is 32.4 Å². The molecule has 0 N–H and O–H groups in total. The highest BCUT2D eigenvalue weighted by atomic mass is 35.5. The summed E-state index contributed by atoms with van der Waals surface area (Å²) in [5, 5.41) is 3.52. The monoisotopic (exact) mass is 482 g/mol. The van der Waals surface area contributed by atoms with Crippen molar-refractivity contribution in [1.82, 2.24) is 18.8 Å². The second-order valence-electron chi connectivity index (χ2n) is 6.89. The molecule has 0 saturated heterocycles. The van der Waals surface area contributed by atoms with E-state index < -0.39 is 0 Å². The van der Waals surface area contributed by atoms with Crippen molar-refractivity contribution >= 4 is 55.8 Å². The van der Waals surface area contributed by atoms with Crippen LogP contribution in [0.3, 0.4) is 0 Å². The van der Waals surface area contributed by atoms with Crippen LogP contribution in [0.5, 0.6) is 0 Å². The van der Waals surface area contributed by atoms with Gasteiger partial charge in [0, 0.05) is 56.2 Å². The SMILES string of the molecule is Cc1cn2cc(-c3ccc(Cl)cc3)nc2s1.Clc1ccc(-c2cn3ccsc3n2)cc1. The smallest absolute Gasteiger partial charge is 0.194 e. The van der Waals surface area contributed by atoms with E-state index in [1.54, 1.807) is 22.7 Å². The van der Waals surface area contributed by atoms with E-state index in [2.05, 4.69) is 27.5 Å². The minimum absolute atomic E-state index is 0.750. The number of hydrogen-bond acceptors (Lipinski definition) is 4. The van der Waals surface area contributed by atoms with Gasteiger partial charge < -0.3 is 0 Å². The zero-order chi connectivity index (χ0) is 21.4. The number of benzene rings is 2. The zero-order valence-corrected chi connectivity index (χ0v) is 19.5. The molecule has 6 aromatic rings. The van der Waals surface area contributed by atoms with Crippen LogP contribution in [0.4, 0.5) is 0 Å². The number of thiazole rings is 2. The molecule has 0 aliphatic carbocycles. The third kappa shape index (κ3) is 4.38. The summed E-state index contributed by atoms with van der Waals surface area (Å²) in [6.45, 7) is 2.08. The van der Waals surface area contributed by atoms with Gasteiger partial charge in [0.2, 0.25) is 0 Å². The van der Waals surface area contributed by atoms with Crippen LogP contribution >= 0.6 is 45.9 Å². The Morgan fingerprint density at radius 2 is 1.26 bits per heavy atom. The second-order valence-corrected chi connectivity index (χ2v) is 9.85. The highest BCUT2D eigenvalue weighted by molar-refractivity contribution is 7.17. The Labute approximate surface area is 197 Å². The Bertz CT molecular complexity index is 1400. The molecule has 31 heavy (non-hydrogen) atoms. The molecule has 0 bridgehead atoms. The maximum absolute atomic E-state index is 5.85. The van der Waals surface area contributed by atoms with Crippen molar-refractivity contribution in [3.05, 3.63) is 93.6 Å². The van der Waals surface area contributed by atoms with Gasteiger partial charge in [-0.2, -0.15) is 0 Å². The molecule has 0 radical (unpaired) electrons. The van der Waals surface area contributed by atoms with Crippen molar-refractivity contribution < 1.29 is 0 Å². The van der Waals surface area contributed by atoms with E-state index in [9.17, 15) is 0 Å². The molecule has 4 nitrogen and oxygen atoms in total. The number of nitrogens with zero attached hydrogens (tertiary/aromatic N) is 4. The summed E-state index contributed by atoms with van der Waals surface area (Å²) < 4.78 is 4.08. The molecule has 6 rings (SSSR count). The first-order chi connectivity index (χ1) is 15.0. The summed E-state index contributed by atoms with van der Waals surface area (Å²) in [6.07, 6.45) is 8.16. The van der Waals surface area contributed by atoms with Gasteiger partial charge in [0.1, 0.15) is 0 Å². The summed E-state index contributed by atoms with van der Waals surface area (Å²) in [6, 6.07) is 15.5. The molecule has 2 aromatic carbocycles. The topological polar surface area (TPSA) is 34.6 Å². The normalized spacial score (nSPS) is 11.1. The highest BCUT2D eigenvalue weighted by Crippen LogP contribution is 2.25. The van der Waals surface area contributed by atoms with Crippen LogP contribution in [0.15, 0.2) is 78.7 Å². The average Bonchev–Trinajstić information content (AvgIpc) is 3.49. The largest absolute Gasteiger partial charge is 0.297 e. The van der Waals surface area contributed by atoms with Crippen molar-refractivity contribution in [2.75, 3.05) is 0 Å². The fraction of sp³-hybridized carbons (Fsp3) is 0.0435. The summed E-state index contributed by atoms with van der Waals surface area (Å²) in [5.74, 6) is 0. The number of hydrogen-bond donors (Lipinski definition) is 0. The van der Waals surface area contributed by atoms with Crippen molar-refractivity contribution in [2.45, 2.75) is 6.92 Å². The standard InChI is InChI=1S/C12H9ClN2S.C11H7ClN2S/c1-8-6-15-7-11(14-12(15)16-8)9-2-4-10(13)5-3-9;12-9-3-1-8(2-4-9)10-7-14-5-6-15-11(14)13-10/h2-7H,1H3;1-7H. The zero-order valence-electron chi connectivity index (χ0n) is 16.4. The summed E-state index contributed by atoms with van der Waals surface area (Å²) >= 11 is 15.0. The predicted molar refractivity (Wildman–Crippen MR) is 132 cm³/mol. The minimum Gasteiger partial charge on any atom is -0.297 e. The molecular weight excluding hydrogens is 467 g/mol. The predicted octanol–water partition coefficient (Wildman–Crippen LogP) is 7.74. The lowest BCUT2D eigenvalue weighted by Gasteiger charge is -1.95. The van der Waals surface area contributed by atoms with E-state index in [1.807, 2.05) is 76.9 Å². The first-order valence-corrected chi connectivity index (χ1v) is 11.9. The van der Waals surface area contributed by atoms with Crippen LogP contribution < -0.4 is 0 Å². The van der Waals surface area contributed by atoms with Crippen molar-refractivity contribution in [3.63, 3.8) is 0 Å². The van der Waals surface area contributed by atoms with E-state index in [-0.39, 0.29) is 0 Å². The van der Waals surface area contributed by atoms with Crippen molar-refractivity contribution in [2.24, 2.45) is 0 Å². The molecule has 0 aliphatic heterocycles. The quantitative estimate of drug-likeness (QED) is 0.252. The van der Waals surface area contributed by atoms with Gasteiger partial charge in [-0.15, -0.1) is 22.7 Å². The number of aromatic nitrogens is 4. The van der Waals surface area contributed by atoms with Gasteiger partial charge in [-0.25, -0.2) is 9.97 Å². The van der Waals surface area contributed by atoms with Crippen LogP contribution in [-0.4, -0.2) is 18.8 Å². The number of aryl methyl sites for hydroxylation is 1. The molecule has 154 valence electrons. The van der Waals surface area contributed by atoms with E-state index in [1.165, 1.54) is 4.88 Å². The Hall–Kier alpha value is -2.64.